The maximum Gasteiger partial charge on any atom is 0.303 e. The number of carbonyl (C=O) groups is 3. The van der Waals surface area contributed by atoms with Crippen LogP contribution in [0.3, 0.4) is 0 Å². The van der Waals surface area contributed by atoms with Gasteiger partial charge in [0.1, 0.15) is 5.00 Å². The van der Waals surface area contributed by atoms with Crippen LogP contribution in [0.25, 0.3) is 0 Å². The second-order valence-electron chi connectivity index (χ2n) is 5.70. The molecule has 1 aromatic rings. The monoisotopic (exact) mass is 338 g/mol. The highest BCUT2D eigenvalue weighted by molar-refractivity contribution is 7.17. The van der Waals surface area contributed by atoms with E-state index in [4.69, 9.17) is 5.11 Å². The summed E-state index contributed by atoms with van der Waals surface area (Å²) in [5, 5.41) is 14.9. The third-order valence-corrected chi connectivity index (χ3v) is 5.00. The average molecular weight is 338 g/mol. The number of carboxylic acid groups (broad SMARTS) is 1. The highest BCUT2D eigenvalue weighted by Crippen LogP contribution is 2.39. The molecule has 3 N–H and O–H groups in total. The highest BCUT2D eigenvalue weighted by atomic mass is 32.1. The van der Waals surface area contributed by atoms with Crippen molar-refractivity contribution < 1.29 is 19.5 Å². The fourth-order valence-electron chi connectivity index (χ4n) is 2.76. The molecule has 2 amide bonds. The number of aliphatic carboxylic acids is 1. The first-order valence-electron chi connectivity index (χ1n) is 7.91. The van der Waals surface area contributed by atoms with Gasteiger partial charge in [0.15, 0.2) is 0 Å². The molecule has 0 saturated heterocycles. The molecular formula is C16H22N2O4S. The van der Waals surface area contributed by atoms with Crippen molar-refractivity contribution in [3.63, 3.8) is 0 Å². The molecule has 0 unspecified atom stereocenters. The summed E-state index contributed by atoms with van der Waals surface area (Å²) in [6.07, 6.45) is 5.21. The van der Waals surface area contributed by atoms with E-state index in [1.165, 1.54) is 23.1 Å². The molecule has 1 heterocycles. The van der Waals surface area contributed by atoms with Crippen molar-refractivity contribution in [1.82, 2.24) is 5.32 Å². The Morgan fingerprint density at radius 3 is 2.65 bits per heavy atom. The third-order valence-electron chi connectivity index (χ3n) is 3.79. The van der Waals surface area contributed by atoms with E-state index in [0.717, 1.165) is 37.7 Å². The van der Waals surface area contributed by atoms with Gasteiger partial charge in [-0.3, -0.25) is 14.4 Å². The number of nitrogens with one attached hydrogen (secondary N) is 2. The van der Waals surface area contributed by atoms with Gasteiger partial charge in [0, 0.05) is 24.8 Å². The average Bonchev–Trinajstić information content (AvgIpc) is 3.01. The van der Waals surface area contributed by atoms with Crippen LogP contribution in [0.4, 0.5) is 5.00 Å². The Morgan fingerprint density at radius 2 is 1.96 bits per heavy atom. The summed E-state index contributed by atoms with van der Waals surface area (Å²) >= 11 is 1.50. The Kier molecular flexibility index (Phi) is 6.15. The van der Waals surface area contributed by atoms with Crippen LogP contribution in [-0.4, -0.2) is 29.4 Å². The zero-order chi connectivity index (χ0) is 16.8. The Morgan fingerprint density at radius 1 is 1.17 bits per heavy atom. The van der Waals surface area contributed by atoms with E-state index in [-0.39, 0.29) is 18.2 Å². The van der Waals surface area contributed by atoms with Crippen molar-refractivity contribution in [2.75, 3.05) is 11.9 Å². The molecule has 0 radical (unpaired) electrons. The molecule has 0 aliphatic heterocycles. The smallest absolute Gasteiger partial charge is 0.303 e. The molecule has 2 rings (SSSR count). The van der Waals surface area contributed by atoms with Gasteiger partial charge in [-0.25, -0.2) is 0 Å². The quantitative estimate of drug-likeness (QED) is 0.635. The van der Waals surface area contributed by atoms with Crippen molar-refractivity contribution in [2.45, 2.75) is 51.9 Å². The fraction of sp³-hybridized carbons (Fsp3) is 0.562. The maximum atomic E-state index is 12.5. The summed E-state index contributed by atoms with van der Waals surface area (Å²) in [5.74, 6) is -1.11. The van der Waals surface area contributed by atoms with Crippen LogP contribution in [0.1, 0.15) is 59.8 Å². The van der Waals surface area contributed by atoms with E-state index in [0.29, 0.717) is 23.5 Å². The first kappa shape index (κ1) is 17.5. The molecule has 0 aromatic carbocycles. The third kappa shape index (κ3) is 4.79. The second kappa shape index (κ2) is 8.10. The van der Waals surface area contributed by atoms with Crippen molar-refractivity contribution in [1.29, 1.82) is 0 Å². The van der Waals surface area contributed by atoms with Gasteiger partial charge in [0.2, 0.25) is 5.91 Å². The molecule has 0 saturated carbocycles. The number of hydrogen-bond acceptors (Lipinski definition) is 4. The first-order valence-corrected chi connectivity index (χ1v) is 8.72. The van der Waals surface area contributed by atoms with Crippen LogP contribution in [-0.2, 0) is 22.4 Å². The number of fused-ring (bicyclic) bond motifs is 1. The molecule has 0 spiro atoms. The summed E-state index contributed by atoms with van der Waals surface area (Å²) in [4.78, 5) is 35.4. The molecule has 1 aliphatic carbocycles. The number of thiophene rings is 1. The normalized spacial score (nSPS) is 12.7. The van der Waals surface area contributed by atoms with E-state index in [1.54, 1.807) is 0 Å². The molecule has 1 aromatic heterocycles. The lowest BCUT2D eigenvalue weighted by Gasteiger charge is -2.08. The lowest BCUT2D eigenvalue weighted by atomic mass is 10.1. The molecule has 0 atom stereocenters. The van der Waals surface area contributed by atoms with Gasteiger partial charge >= 0.3 is 5.97 Å². The van der Waals surface area contributed by atoms with E-state index in [1.807, 2.05) is 0 Å². The van der Waals surface area contributed by atoms with Crippen LogP contribution < -0.4 is 10.6 Å². The molecule has 1 aliphatic rings. The van der Waals surface area contributed by atoms with Crippen molar-refractivity contribution in [2.24, 2.45) is 0 Å². The Balaban J connectivity index is 1.91. The summed E-state index contributed by atoms with van der Waals surface area (Å²) in [5.41, 5.74) is 1.69. The summed E-state index contributed by atoms with van der Waals surface area (Å²) < 4.78 is 0. The van der Waals surface area contributed by atoms with Gasteiger partial charge in [0.05, 0.1) is 5.56 Å². The topological polar surface area (TPSA) is 95.5 Å². The van der Waals surface area contributed by atoms with Gasteiger partial charge < -0.3 is 15.7 Å². The van der Waals surface area contributed by atoms with Crippen molar-refractivity contribution in [3.05, 3.63) is 16.0 Å². The number of aryl methyl sites for hydroxylation is 1. The number of hydrogen-bond donors (Lipinski definition) is 3. The standard InChI is InChI=1S/C16H22N2O4S/c1-10(19)18-16-14(11-6-5-7-12(11)23-16)15(22)17-9-4-2-3-8-13(20)21/h2-9H2,1H3,(H,17,22)(H,18,19)(H,20,21). The van der Waals surface area contributed by atoms with E-state index in [9.17, 15) is 14.4 Å². The van der Waals surface area contributed by atoms with E-state index in [2.05, 4.69) is 10.6 Å². The first-order chi connectivity index (χ1) is 11.0. The predicted octanol–water partition coefficient (Wildman–Crippen LogP) is 2.57. The zero-order valence-electron chi connectivity index (χ0n) is 13.2. The molecule has 6 nitrogen and oxygen atoms in total. The lowest BCUT2D eigenvalue weighted by molar-refractivity contribution is -0.137. The van der Waals surface area contributed by atoms with Crippen molar-refractivity contribution in [3.8, 4) is 0 Å². The van der Waals surface area contributed by atoms with Crippen LogP contribution >= 0.6 is 11.3 Å². The molecule has 0 bridgehead atoms. The second-order valence-corrected chi connectivity index (χ2v) is 6.81. The van der Waals surface area contributed by atoms with Gasteiger partial charge in [-0.1, -0.05) is 6.42 Å². The van der Waals surface area contributed by atoms with Gasteiger partial charge in [0.25, 0.3) is 5.91 Å². The van der Waals surface area contributed by atoms with Crippen LogP contribution in [0.15, 0.2) is 0 Å². The number of amides is 2. The summed E-state index contributed by atoms with van der Waals surface area (Å²) in [6, 6.07) is 0. The number of unbranched alkanes of at least 4 members (excludes halogenated alkanes) is 2. The van der Waals surface area contributed by atoms with Crippen molar-refractivity contribution >= 4 is 34.1 Å². The van der Waals surface area contributed by atoms with Crippen LogP contribution in [0.5, 0.6) is 0 Å². The Bertz CT molecular complexity index is 609. The van der Waals surface area contributed by atoms with Gasteiger partial charge in [-0.2, -0.15) is 0 Å². The molecule has 0 fully saturated rings. The maximum absolute atomic E-state index is 12.5. The van der Waals surface area contributed by atoms with Gasteiger partial charge in [-0.15, -0.1) is 11.3 Å². The minimum absolute atomic E-state index is 0.147. The largest absolute Gasteiger partial charge is 0.481 e. The van der Waals surface area contributed by atoms with Crippen LogP contribution in [0.2, 0.25) is 0 Å². The molecular weight excluding hydrogens is 316 g/mol. The molecule has 126 valence electrons. The Labute approximate surface area is 139 Å². The SMILES string of the molecule is CC(=O)Nc1sc2c(c1C(=O)NCCCCCC(=O)O)CCC2. The predicted molar refractivity (Wildman–Crippen MR) is 89.1 cm³/mol. The number of rotatable bonds is 8. The Hall–Kier alpha value is -1.89. The number of carboxylic acids is 1. The minimum Gasteiger partial charge on any atom is -0.481 e. The van der Waals surface area contributed by atoms with E-state index >= 15 is 0 Å². The summed E-state index contributed by atoms with van der Waals surface area (Å²) in [6.45, 7) is 1.96. The lowest BCUT2D eigenvalue weighted by Crippen LogP contribution is -2.26. The highest BCUT2D eigenvalue weighted by Gasteiger charge is 2.26. The minimum atomic E-state index is -0.789. The van der Waals surface area contributed by atoms with Crippen LogP contribution in [0, 0.1) is 0 Å². The van der Waals surface area contributed by atoms with E-state index < -0.39 is 5.97 Å². The summed E-state index contributed by atoms with van der Waals surface area (Å²) in [7, 11) is 0. The molecule has 23 heavy (non-hydrogen) atoms. The van der Waals surface area contributed by atoms with Gasteiger partial charge in [-0.05, 0) is 37.7 Å². The number of anilines is 1. The number of carbonyl (C=O) groups excluding carboxylic acids is 2. The molecule has 7 heteroatoms. The zero-order valence-corrected chi connectivity index (χ0v) is 14.1. The fourth-order valence-corrected chi connectivity index (χ4v) is 4.09.